The third-order valence-corrected chi connectivity index (χ3v) is 3.60. The van der Waals surface area contributed by atoms with Crippen LogP contribution in [0.15, 0.2) is 11.1 Å². The van der Waals surface area contributed by atoms with E-state index in [0.29, 0.717) is 24.0 Å². The van der Waals surface area contributed by atoms with Crippen molar-refractivity contribution in [3.05, 3.63) is 11.1 Å². The maximum Gasteiger partial charge on any atom is 0.342 e. The number of hydrogen-bond donors (Lipinski definition) is 1. The van der Waals surface area contributed by atoms with Gasteiger partial charge in [0, 0.05) is 0 Å². The quantitative estimate of drug-likeness (QED) is 0.586. The van der Waals surface area contributed by atoms with Crippen molar-refractivity contribution in [1.29, 1.82) is 0 Å². The molecule has 4 heteroatoms. The van der Waals surface area contributed by atoms with Gasteiger partial charge >= 0.3 is 11.9 Å². The minimum absolute atomic E-state index is 0.01000. The van der Waals surface area contributed by atoms with Crippen LogP contribution in [0.3, 0.4) is 0 Å². The van der Waals surface area contributed by atoms with Gasteiger partial charge in [-0.25, -0.2) is 9.59 Å². The van der Waals surface area contributed by atoms with Crippen molar-refractivity contribution in [3.63, 3.8) is 0 Å². The van der Waals surface area contributed by atoms with E-state index in [4.69, 9.17) is 4.74 Å². The molecule has 1 N–H and O–H groups in total. The normalized spacial score (nSPS) is 30.1. The molecule has 1 aliphatic carbocycles. The predicted octanol–water partition coefficient (Wildman–Crippen LogP) is 1.57. The third-order valence-electron chi connectivity index (χ3n) is 3.60. The lowest BCUT2D eigenvalue weighted by Gasteiger charge is -2.25. The van der Waals surface area contributed by atoms with Gasteiger partial charge in [-0.15, -0.1) is 0 Å². The summed E-state index contributed by atoms with van der Waals surface area (Å²) in [6.07, 6.45) is 2.65. The second kappa shape index (κ2) is 4.61. The molecule has 0 aromatic heterocycles. The van der Waals surface area contributed by atoms with Crippen molar-refractivity contribution in [1.82, 2.24) is 0 Å². The lowest BCUT2D eigenvalue weighted by Crippen LogP contribution is -2.22. The van der Waals surface area contributed by atoms with Gasteiger partial charge in [-0.2, -0.15) is 0 Å². The highest BCUT2D eigenvalue weighted by Gasteiger charge is 2.39. The molecule has 4 nitrogen and oxygen atoms in total. The molecule has 0 bridgehead atoms. The van der Waals surface area contributed by atoms with Crippen LogP contribution in [0.25, 0.3) is 0 Å². The molecule has 94 valence electrons. The zero-order valence-electron chi connectivity index (χ0n) is 10.2. The van der Waals surface area contributed by atoms with Crippen LogP contribution >= 0.6 is 0 Å². The summed E-state index contributed by atoms with van der Waals surface area (Å²) in [5.41, 5.74) is 1.10. The molecular formula is C13H18O4. The van der Waals surface area contributed by atoms with Crippen molar-refractivity contribution in [2.24, 2.45) is 11.8 Å². The number of ether oxygens (including phenoxy) is 1. The molecule has 0 aromatic carbocycles. The Labute approximate surface area is 101 Å². The van der Waals surface area contributed by atoms with E-state index < -0.39 is 11.9 Å². The number of carbonyl (C=O) groups is 2. The first-order valence-corrected chi connectivity index (χ1v) is 6.19. The van der Waals surface area contributed by atoms with E-state index in [1.807, 2.05) is 13.8 Å². The summed E-state index contributed by atoms with van der Waals surface area (Å²) in [6.45, 7) is 3.79. The molecule has 0 aromatic rings. The molecule has 0 unspecified atom stereocenters. The lowest BCUT2D eigenvalue weighted by molar-refractivity contribution is -0.151. The first-order chi connectivity index (χ1) is 8.00. The fourth-order valence-electron chi connectivity index (χ4n) is 2.71. The number of cyclic esters (lactones) is 2. The standard InChI is InChI=1S/C13H18O4/c1-7(2)10-11(13(16)17-12(10)15)8-3-5-9(14)6-4-8/h7-9,14H,3-6H2,1-2H3/t8-,9+. The minimum Gasteiger partial charge on any atom is -0.393 e. The number of rotatable bonds is 2. The van der Waals surface area contributed by atoms with Gasteiger partial charge in [0.2, 0.25) is 0 Å². The monoisotopic (exact) mass is 238 g/mol. The Hall–Kier alpha value is -1.16. The van der Waals surface area contributed by atoms with Gasteiger partial charge in [-0.3, -0.25) is 0 Å². The van der Waals surface area contributed by atoms with E-state index in [1.54, 1.807) is 0 Å². The molecule has 1 heterocycles. The van der Waals surface area contributed by atoms with Gasteiger partial charge in [0.25, 0.3) is 0 Å². The van der Waals surface area contributed by atoms with E-state index >= 15 is 0 Å². The van der Waals surface area contributed by atoms with E-state index in [9.17, 15) is 14.7 Å². The summed E-state index contributed by atoms with van der Waals surface area (Å²) in [4.78, 5) is 23.3. The molecule has 2 rings (SSSR count). The fourth-order valence-corrected chi connectivity index (χ4v) is 2.71. The Morgan fingerprint density at radius 2 is 1.71 bits per heavy atom. The summed E-state index contributed by atoms with van der Waals surface area (Å²) in [5.74, 6) is -0.864. The zero-order chi connectivity index (χ0) is 12.6. The number of hydrogen-bond acceptors (Lipinski definition) is 4. The van der Waals surface area contributed by atoms with E-state index in [2.05, 4.69) is 0 Å². The molecular weight excluding hydrogens is 220 g/mol. The SMILES string of the molecule is CC(C)C1=C([C@H]2CC[C@@H](O)CC2)C(=O)OC1=O. The molecule has 0 saturated heterocycles. The maximum absolute atomic E-state index is 11.7. The lowest BCUT2D eigenvalue weighted by atomic mass is 9.79. The molecule has 1 fully saturated rings. The third kappa shape index (κ3) is 2.27. The van der Waals surface area contributed by atoms with E-state index in [-0.39, 0.29) is 17.9 Å². The highest BCUT2D eigenvalue weighted by atomic mass is 16.6. The molecule has 1 saturated carbocycles. The van der Waals surface area contributed by atoms with Gasteiger partial charge in [0.05, 0.1) is 17.3 Å². The molecule has 0 atom stereocenters. The Kier molecular flexibility index (Phi) is 3.33. The van der Waals surface area contributed by atoms with Crippen molar-refractivity contribution in [2.75, 3.05) is 0 Å². The van der Waals surface area contributed by atoms with Crippen molar-refractivity contribution >= 4 is 11.9 Å². The highest BCUT2D eigenvalue weighted by molar-refractivity contribution is 6.12. The first-order valence-electron chi connectivity index (χ1n) is 6.19. The smallest absolute Gasteiger partial charge is 0.342 e. The summed E-state index contributed by atoms with van der Waals surface area (Å²) >= 11 is 0. The Morgan fingerprint density at radius 3 is 2.24 bits per heavy atom. The summed E-state index contributed by atoms with van der Waals surface area (Å²) in [5, 5.41) is 9.46. The van der Waals surface area contributed by atoms with Gasteiger partial charge in [-0.05, 0) is 37.5 Å². The minimum atomic E-state index is -0.480. The topological polar surface area (TPSA) is 63.6 Å². The van der Waals surface area contributed by atoms with Gasteiger partial charge in [0.1, 0.15) is 0 Å². The van der Waals surface area contributed by atoms with Gasteiger partial charge in [-0.1, -0.05) is 13.8 Å². The number of aliphatic hydroxyl groups excluding tert-OH is 1. The molecule has 0 radical (unpaired) electrons. The van der Waals surface area contributed by atoms with Crippen molar-refractivity contribution in [2.45, 2.75) is 45.6 Å². The van der Waals surface area contributed by atoms with Crippen LogP contribution in [-0.2, 0) is 14.3 Å². The van der Waals surface area contributed by atoms with Crippen LogP contribution in [0.1, 0.15) is 39.5 Å². The zero-order valence-corrected chi connectivity index (χ0v) is 10.2. The number of esters is 2. The van der Waals surface area contributed by atoms with E-state index in [0.717, 1.165) is 12.8 Å². The average Bonchev–Trinajstić information content (AvgIpc) is 2.55. The second-order valence-corrected chi connectivity index (χ2v) is 5.16. The highest BCUT2D eigenvalue weighted by Crippen LogP contribution is 2.37. The first kappa shape index (κ1) is 12.3. The van der Waals surface area contributed by atoms with Crippen LogP contribution in [-0.4, -0.2) is 23.1 Å². The van der Waals surface area contributed by atoms with Crippen LogP contribution in [0, 0.1) is 11.8 Å². The van der Waals surface area contributed by atoms with Crippen LogP contribution < -0.4 is 0 Å². The van der Waals surface area contributed by atoms with Crippen LogP contribution in [0.5, 0.6) is 0 Å². The summed E-state index contributed by atoms with van der Waals surface area (Å²) in [6, 6.07) is 0. The van der Waals surface area contributed by atoms with Crippen LogP contribution in [0.2, 0.25) is 0 Å². The Morgan fingerprint density at radius 1 is 1.12 bits per heavy atom. The van der Waals surface area contributed by atoms with Gasteiger partial charge in [0.15, 0.2) is 0 Å². The van der Waals surface area contributed by atoms with Crippen molar-refractivity contribution < 1.29 is 19.4 Å². The molecule has 2 aliphatic rings. The summed E-state index contributed by atoms with van der Waals surface area (Å²) in [7, 11) is 0. The Balaban J connectivity index is 2.27. The average molecular weight is 238 g/mol. The Bertz CT molecular complexity index is 373. The number of aliphatic hydroxyl groups is 1. The largest absolute Gasteiger partial charge is 0.393 e. The molecule has 17 heavy (non-hydrogen) atoms. The predicted molar refractivity (Wildman–Crippen MR) is 60.9 cm³/mol. The van der Waals surface area contributed by atoms with Crippen molar-refractivity contribution in [3.8, 4) is 0 Å². The molecule has 0 amide bonds. The molecule has 1 aliphatic heterocycles. The van der Waals surface area contributed by atoms with E-state index in [1.165, 1.54) is 0 Å². The maximum atomic E-state index is 11.7. The fraction of sp³-hybridized carbons (Fsp3) is 0.692. The van der Waals surface area contributed by atoms with Crippen LogP contribution in [0.4, 0.5) is 0 Å². The summed E-state index contributed by atoms with van der Waals surface area (Å²) < 4.78 is 4.71. The number of carbonyl (C=O) groups excluding carboxylic acids is 2. The molecule has 0 spiro atoms. The second-order valence-electron chi connectivity index (χ2n) is 5.16. The van der Waals surface area contributed by atoms with Gasteiger partial charge < -0.3 is 9.84 Å².